The van der Waals surface area contributed by atoms with Crippen molar-refractivity contribution in [2.75, 3.05) is 90.4 Å². The molecule has 3 aliphatic rings. The van der Waals surface area contributed by atoms with E-state index in [-0.39, 0.29) is 35.2 Å². The molecule has 3 aromatic heterocycles. The van der Waals surface area contributed by atoms with Crippen LogP contribution in [-0.4, -0.2) is 159 Å². The molecule has 0 bridgehead atoms. The molecule has 4 amide bonds. The highest BCUT2D eigenvalue weighted by Gasteiger charge is 2.29. The number of carbonyl (C=O) groups is 4. The first-order valence-corrected chi connectivity index (χ1v) is 25.3. The maximum absolute atomic E-state index is 14.4. The second kappa shape index (κ2) is 24.9. The number of nitrogens with zero attached hydrogens (tertiary/aromatic N) is 9. The van der Waals surface area contributed by atoms with Crippen LogP contribution in [0.15, 0.2) is 96.2 Å². The molecule has 3 saturated heterocycles. The average molecular weight is 993 g/mol. The number of halogens is 1. The van der Waals surface area contributed by atoms with Gasteiger partial charge in [-0.2, -0.15) is 5.10 Å². The number of aryl methyl sites for hydroxylation is 2. The van der Waals surface area contributed by atoms with Crippen molar-refractivity contribution in [3.8, 4) is 11.1 Å². The van der Waals surface area contributed by atoms with E-state index in [1.165, 1.54) is 17.7 Å². The Hall–Kier alpha value is -7.28. The first-order valence-electron chi connectivity index (χ1n) is 25.3. The van der Waals surface area contributed by atoms with Crippen molar-refractivity contribution in [3.05, 3.63) is 147 Å². The number of anilines is 1. The number of benzene rings is 3. The predicted octanol–water partition coefficient (Wildman–Crippen LogP) is 5.19. The molecule has 3 fully saturated rings. The van der Waals surface area contributed by atoms with Gasteiger partial charge in [0.1, 0.15) is 11.6 Å². The number of hydrogen-bond donors (Lipinski definition) is 3. The number of hydrogen-bond acceptors (Lipinski definition) is 12. The number of piperidine rings is 1. The van der Waals surface area contributed by atoms with E-state index in [0.717, 1.165) is 87.0 Å². The van der Waals surface area contributed by atoms with Crippen LogP contribution in [0.1, 0.15) is 75.7 Å². The van der Waals surface area contributed by atoms with Crippen LogP contribution in [0.4, 0.5) is 10.1 Å². The summed E-state index contributed by atoms with van der Waals surface area (Å²) in [5.41, 5.74) is 5.78. The smallest absolute Gasteiger partial charge is 0.274 e. The summed E-state index contributed by atoms with van der Waals surface area (Å²) in [4.78, 5) is 85.6. The summed E-state index contributed by atoms with van der Waals surface area (Å²) in [5, 5.41) is 14.0. The van der Waals surface area contributed by atoms with Gasteiger partial charge in [-0.25, -0.2) is 24.4 Å². The van der Waals surface area contributed by atoms with Crippen LogP contribution in [0.25, 0.3) is 21.9 Å². The minimum absolute atomic E-state index is 0.00390. The topological polar surface area (TPSA) is 193 Å². The van der Waals surface area contributed by atoms with Crippen molar-refractivity contribution < 1.29 is 23.6 Å². The number of aromatic amines is 1. The lowest BCUT2D eigenvalue weighted by molar-refractivity contribution is -0.119. The number of fused-ring (bicyclic) bond motifs is 1. The van der Waals surface area contributed by atoms with Crippen LogP contribution in [0.5, 0.6) is 0 Å². The Morgan fingerprint density at radius 3 is 2.16 bits per heavy atom. The predicted molar refractivity (Wildman–Crippen MR) is 278 cm³/mol. The van der Waals surface area contributed by atoms with Gasteiger partial charge < -0.3 is 35.1 Å². The number of pyridine rings is 1. The fourth-order valence-electron chi connectivity index (χ4n) is 9.55. The molecule has 73 heavy (non-hydrogen) atoms. The molecule has 0 unspecified atom stereocenters. The van der Waals surface area contributed by atoms with E-state index in [1.54, 1.807) is 46.6 Å². The Balaban J connectivity index is 0.000000212. The number of carbonyl (C=O) groups excluding carboxylic acids is 4. The summed E-state index contributed by atoms with van der Waals surface area (Å²) in [6.45, 7) is 16.5. The minimum atomic E-state index is -0.587. The second-order valence-corrected chi connectivity index (χ2v) is 18.9. The van der Waals surface area contributed by atoms with E-state index >= 15 is 0 Å². The van der Waals surface area contributed by atoms with Crippen LogP contribution in [0, 0.1) is 18.7 Å². The highest BCUT2D eigenvalue weighted by atomic mass is 19.1. The summed E-state index contributed by atoms with van der Waals surface area (Å²) in [6, 6.07) is 21.7. The van der Waals surface area contributed by atoms with Crippen LogP contribution >= 0.6 is 0 Å². The molecule has 3 N–H and O–H groups in total. The van der Waals surface area contributed by atoms with Crippen LogP contribution in [0.2, 0.25) is 0 Å². The summed E-state index contributed by atoms with van der Waals surface area (Å²) >= 11 is 0. The molecule has 0 aliphatic carbocycles. The molecule has 18 heteroatoms. The van der Waals surface area contributed by atoms with Gasteiger partial charge in [-0.3, -0.25) is 24.0 Å². The first kappa shape index (κ1) is 52.1. The Kier molecular flexibility index (Phi) is 17.8. The molecular formula is C55H65FN12O5. The summed E-state index contributed by atoms with van der Waals surface area (Å²) in [6.07, 6.45) is 9.22. The molecule has 0 spiro atoms. The lowest BCUT2D eigenvalue weighted by Gasteiger charge is -2.38. The van der Waals surface area contributed by atoms with Crippen LogP contribution in [0.3, 0.4) is 0 Å². The van der Waals surface area contributed by atoms with Gasteiger partial charge in [-0.05, 0) is 79.6 Å². The summed E-state index contributed by atoms with van der Waals surface area (Å²) in [7, 11) is 0. The number of piperazine rings is 2. The Morgan fingerprint density at radius 1 is 0.740 bits per heavy atom. The number of likely N-dealkylation sites (tertiary alicyclic amines) is 1. The van der Waals surface area contributed by atoms with Gasteiger partial charge in [0.25, 0.3) is 17.4 Å². The standard InChI is InChI=1S/C34H46N8O2.C21H19FN4O3/c1-4-26-7-6-8-29(17-26)30-18-31(39-32(43)23-35-19-28-20-36-25(3)37-21-28)33(38-22-30)34(44)42-11-9-27(10-12-42)24-41-15-13-40(5-2)14-16-41;22-18-6-5-14(11-17(18)21(29)26-9-7-25(13-27)8-10-26)12-19-15-3-1-2-4-16(15)20(28)24-23-19/h6-8,17-18,20-22,27,35H,4-5,9-16,19,23-24H2,1-3H3,(H,39,43);1-6,11,13H,7-10,12H2,(H,24,28). The zero-order valence-electron chi connectivity index (χ0n) is 42.0. The van der Waals surface area contributed by atoms with Crippen LogP contribution in [-0.2, 0) is 29.0 Å². The molecule has 6 heterocycles. The second-order valence-electron chi connectivity index (χ2n) is 18.9. The number of rotatable bonds is 15. The molecular weight excluding hydrogens is 928 g/mol. The van der Waals surface area contributed by atoms with E-state index in [4.69, 9.17) is 0 Å². The monoisotopic (exact) mass is 993 g/mol. The number of H-pyrrole nitrogens is 1. The fourth-order valence-corrected chi connectivity index (χ4v) is 9.55. The number of amides is 4. The molecule has 382 valence electrons. The number of nitrogens with one attached hydrogen (secondary N) is 3. The number of aromatic nitrogens is 5. The third-order valence-corrected chi connectivity index (χ3v) is 14.0. The van der Waals surface area contributed by atoms with Gasteiger partial charge in [0.2, 0.25) is 12.3 Å². The van der Waals surface area contributed by atoms with Crippen LogP contribution < -0.4 is 16.2 Å². The maximum atomic E-state index is 14.4. The van der Waals surface area contributed by atoms with Gasteiger partial charge in [-0.1, -0.05) is 62.4 Å². The fraction of sp³-hybridized carbons (Fsp3) is 0.400. The van der Waals surface area contributed by atoms with E-state index in [9.17, 15) is 28.4 Å². The zero-order valence-corrected chi connectivity index (χ0v) is 42.0. The first-order chi connectivity index (χ1) is 35.5. The van der Waals surface area contributed by atoms with Gasteiger partial charge in [0.05, 0.1) is 28.9 Å². The highest BCUT2D eigenvalue weighted by Crippen LogP contribution is 2.28. The molecule has 6 aromatic rings. The molecule has 17 nitrogen and oxygen atoms in total. The van der Waals surface area contributed by atoms with E-state index in [1.807, 2.05) is 42.2 Å². The Morgan fingerprint density at radius 2 is 1.45 bits per heavy atom. The molecule has 0 atom stereocenters. The third kappa shape index (κ3) is 13.6. The third-order valence-electron chi connectivity index (χ3n) is 14.0. The van der Waals surface area contributed by atoms with Gasteiger partial charge >= 0.3 is 0 Å². The Labute approximate surface area is 425 Å². The summed E-state index contributed by atoms with van der Waals surface area (Å²) < 4.78 is 14.4. The molecule has 3 aliphatic heterocycles. The SMILES string of the molecule is CCc1cccc(-c2cnc(C(=O)N3CCC(CN4CCN(CC)CC4)CC3)c(NC(=O)CNCc3cnc(C)nc3)c2)c1.O=CN1CCN(C(=O)c2cc(Cc3n[nH]c(=O)c4ccccc34)ccc2F)CC1. The van der Waals surface area contributed by atoms with E-state index in [2.05, 4.69) is 71.6 Å². The Bertz CT molecular complexity index is 2930. The molecule has 3 aromatic carbocycles. The highest BCUT2D eigenvalue weighted by molar-refractivity contribution is 6.03. The lowest BCUT2D eigenvalue weighted by atomic mass is 9.95. The molecule has 0 radical (unpaired) electrons. The lowest BCUT2D eigenvalue weighted by Crippen LogP contribution is -2.49. The van der Waals surface area contributed by atoms with Gasteiger partial charge in [-0.15, -0.1) is 0 Å². The zero-order chi connectivity index (χ0) is 51.3. The molecule has 9 rings (SSSR count). The van der Waals surface area contributed by atoms with Crippen molar-refractivity contribution >= 4 is 40.6 Å². The van der Waals surface area contributed by atoms with Crippen molar-refractivity contribution in [1.82, 2.24) is 55.0 Å². The number of likely N-dealkylation sites (N-methyl/N-ethyl adjacent to an activating group) is 1. The van der Waals surface area contributed by atoms with Crippen molar-refractivity contribution in [2.45, 2.75) is 53.0 Å². The van der Waals surface area contributed by atoms with Crippen molar-refractivity contribution in [3.63, 3.8) is 0 Å². The summed E-state index contributed by atoms with van der Waals surface area (Å²) in [5.74, 6) is -0.0537. The maximum Gasteiger partial charge on any atom is 0.274 e. The molecule has 0 saturated carbocycles. The average Bonchev–Trinajstić information content (AvgIpc) is 3.43. The normalized spacial score (nSPS) is 15.7. The van der Waals surface area contributed by atoms with Gasteiger partial charge in [0, 0.05) is 120 Å². The quantitative estimate of drug-likeness (QED) is 0.114. The minimum Gasteiger partial charge on any atom is -0.342 e. The van der Waals surface area contributed by atoms with Gasteiger partial charge in [0.15, 0.2) is 5.69 Å². The van der Waals surface area contributed by atoms with E-state index < -0.39 is 11.7 Å². The van der Waals surface area contributed by atoms with E-state index in [0.29, 0.717) is 86.3 Å². The largest absolute Gasteiger partial charge is 0.342 e. The van der Waals surface area contributed by atoms with Crippen molar-refractivity contribution in [2.24, 2.45) is 5.92 Å². The van der Waals surface area contributed by atoms with Crippen molar-refractivity contribution in [1.29, 1.82) is 0 Å².